The van der Waals surface area contributed by atoms with Crippen molar-refractivity contribution in [3.8, 4) is 0 Å². The van der Waals surface area contributed by atoms with Gasteiger partial charge in [0.25, 0.3) is 6.29 Å². The third kappa shape index (κ3) is 24.0. The van der Waals surface area contributed by atoms with Gasteiger partial charge in [-0.2, -0.15) is 0 Å². The SMILES string of the molecule is CCCCCCCCCCCCOC(=O)COC(O)C(=O)OCCCCCCCCCCCC. The molecule has 0 amide bonds. The molecule has 0 spiro atoms. The Morgan fingerprint density at radius 1 is 0.559 bits per heavy atom. The molecule has 6 nitrogen and oxygen atoms in total. The van der Waals surface area contributed by atoms with Crippen molar-refractivity contribution in [1.29, 1.82) is 0 Å². The summed E-state index contributed by atoms with van der Waals surface area (Å²) in [5, 5.41) is 9.68. The minimum atomic E-state index is -1.74. The maximum absolute atomic E-state index is 11.7. The second kappa shape index (κ2) is 26.5. The lowest BCUT2D eigenvalue weighted by atomic mass is 10.1. The molecule has 0 fully saturated rings. The van der Waals surface area contributed by atoms with Crippen LogP contribution in [-0.4, -0.2) is 43.2 Å². The molecule has 0 saturated carbocycles. The molecular formula is C28H54O6. The van der Waals surface area contributed by atoms with Crippen LogP contribution >= 0.6 is 0 Å². The highest BCUT2D eigenvalue weighted by Crippen LogP contribution is 2.11. The number of rotatable bonds is 26. The van der Waals surface area contributed by atoms with E-state index in [2.05, 4.69) is 13.8 Å². The second-order valence-corrected chi connectivity index (χ2v) is 9.42. The first-order valence-corrected chi connectivity index (χ1v) is 14.2. The molecule has 6 heteroatoms. The van der Waals surface area contributed by atoms with Crippen LogP contribution in [0.1, 0.15) is 142 Å². The van der Waals surface area contributed by atoms with Crippen molar-refractivity contribution < 1.29 is 28.9 Å². The monoisotopic (exact) mass is 486 g/mol. The standard InChI is InChI=1S/C28H54O6/c1-3-5-7-9-11-13-15-17-19-21-23-32-26(29)25-34-28(31)27(30)33-24-22-20-18-16-14-12-10-8-6-4-2/h28,31H,3-25H2,1-2H3. The van der Waals surface area contributed by atoms with Crippen molar-refractivity contribution in [3.63, 3.8) is 0 Å². The summed E-state index contributed by atoms with van der Waals surface area (Å²) in [5.41, 5.74) is 0. The van der Waals surface area contributed by atoms with Crippen molar-refractivity contribution in [2.24, 2.45) is 0 Å². The third-order valence-electron chi connectivity index (χ3n) is 6.06. The largest absolute Gasteiger partial charge is 0.464 e. The molecule has 0 aliphatic heterocycles. The minimum Gasteiger partial charge on any atom is -0.464 e. The van der Waals surface area contributed by atoms with E-state index >= 15 is 0 Å². The topological polar surface area (TPSA) is 82.1 Å². The molecule has 0 rings (SSSR count). The van der Waals surface area contributed by atoms with Gasteiger partial charge >= 0.3 is 11.9 Å². The van der Waals surface area contributed by atoms with Crippen molar-refractivity contribution in [2.45, 2.75) is 149 Å². The Morgan fingerprint density at radius 2 is 0.912 bits per heavy atom. The number of hydrogen-bond donors (Lipinski definition) is 1. The molecule has 0 bridgehead atoms. The molecule has 0 aromatic rings. The lowest BCUT2D eigenvalue weighted by molar-refractivity contribution is -0.188. The van der Waals surface area contributed by atoms with Gasteiger partial charge in [0.1, 0.15) is 6.61 Å². The fourth-order valence-electron chi connectivity index (χ4n) is 3.87. The number of esters is 2. The maximum atomic E-state index is 11.7. The lowest BCUT2D eigenvalue weighted by Gasteiger charge is -2.11. The summed E-state index contributed by atoms with van der Waals surface area (Å²) in [7, 11) is 0. The molecular weight excluding hydrogens is 432 g/mol. The fraction of sp³-hybridized carbons (Fsp3) is 0.929. The van der Waals surface area contributed by atoms with Crippen molar-refractivity contribution in [1.82, 2.24) is 0 Å². The number of hydrogen-bond acceptors (Lipinski definition) is 6. The average molecular weight is 487 g/mol. The highest BCUT2D eigenvalue weighted by Gasteiger charge is 2.19. The van der Waals surface area contributed by atoms with E-state index in [1.54, 1.807) is 0 Å². The number of carbonyl (C=O) groups is 2. The van der Waals surface area contributed by atoms with Gasteiger partial charge in [0.05, 0.1) is 13.2 Å². The molecule has 0 radical (unpaired) electrons. The number of ether oxygens (including phenoxy) is 3. The summed E-state index contributed by atoms with van der Waals surface area (Å²) in [4.78, 5) is 23.4. The molecule has 0 heterocycles. The molecule has 0 aliphatic rings. The number of aliphatic hydroxyl groups excluding tert-OH is 1. The van der Waals surface area contributed by atoms with E-state index in [0.29, 0.717) is 6.61 Å². The van der Waals surface area contributed by atoms with Crippen molar-refractivity contribution >= 4 is 11.9 Å². The number of unbranched alkanes of at least 4 members (excludes halogenated alkanes) is 18. The number of carbonyl (C=O) groups excluding carboxylic acids is 2. The van der Waals surface area contributed by atoms with E-state index in [0.717, 1.165) is 38.5 Å². The van der Waals surface area contributed by atoms with Gasteiger partial charge in [0.15, 0.2) is 0 Å². The zero-order valence-corrected chi connectivity index (χ0v) is 22.3. The van der Waals surface area contributed by atoms with Crippen LogP contribution < -0.4 is 0 Å². The Labute approximate surface area is 209 Å². The van der Waals surface area contributed by atoms with Gasteiger partial charge in [0, 0.05) is 0 Å². The van der Waals surface area contributed by atoms with Gasteiger partial charge in [-0.15, -0.1) is 0 Å². The van der Waals surface area contributed by atoms with Crippen LogP contribution in [0.25, 0.3) is 0 Å². The smallest absolute Gasteiger partial charge is 0.363 e. The summed E-state index contributed by atoms with van der Waals surface area (Å²) < 4.78 is 15.0. The van der Waals surface area contributed by atoms with E-state index in [-0.39, 0.29) is 6.61 Å². The molecule has 0 aliphatic carbocycles. The van der Waals surface area contributed by atoms with Crippen LogP contribution in [0.2, 0.25) is 0 Å². The van der Waals surface area contributed by atoms with Crippen molar-refractivity contribution in [2.75, 3.05) is 19.8 Å². The number of aliphatic hydroxyl groups is 1. The molecule has 0 saturated heterocycles. The van der Waals surface area contributed by atoms with Crippen LogP contribution in [0.5, 0.6) is 0 Å². The Kier molecular flexibility index (Phi) is 25.6. The Bertz CT molecular complexity index is 454. The molecule has 202 valence electrons. The lowest BCUT2D eigenvalue weighted by Crippen LogP contribution is -2.29. The Balaban J connectivity index is 3.44. The Hall–Kier alpha value is -1.14. The predicted molar refractivity (Wildman–Crippen MR) is 138 cm³/mol. The quantitative estimate of drug-likeness (QED) is 0.0787. The van der Waals surface area contributed by atoms with Crippen LogP contribution in [0.3, 0.4) is 0 Å². The van der Waals surface area contributed by atoms with Crippen molar-refractivity contribution in [3.05, 3.63) is 0 Å². The summed E-state index contributed by atoms with van der Waals surface area (Å²) in [6, 6.07) is 0. The van der Waals surface area contributed by atoms with Gasteiger partial charge in [0.2, 0.25) is 0 Å². The summed E-state index contributed by atoms with van der Waals surface area (Å²) >= 11 is 0. The van der Waals surface area contributed by atoms with E-state index < -0.39 is 24.8 Å². The Morgan fingerprint density at radius 3 is 1.32 bits per heavy atom. The second-order valence-electron chi connectivity index (χ2n) is 9.42. The molecule has 1 unspecified atom stereocenters. The van der Waals surface area contributed by atoms with Gasteiger partial charge < -0.3 is 19.3 Å². The maximum Gasteiger partial charge on any atom is 0.363 e. The third-order valence-corrected chi connectivity index (χ3v) is 6.06. The molecule has 34 heavy (non-hydrogen) atoms. The van der Waals surface area contributed by atoms with E-state index in [1.165, 1.54) is 89.9 Å². The highest BCUT2D eigenvalue weighted by molar-refractivity contribution is 5.74. The van der Waals surface area contributed by atoms with Crippen LogP contribution in [-0.2, 0) is 23.8 Å². The normalized spacial score (nSPS) is 12.0. The zero-order valence-electron chi connectivity index (χ0n) is 22.3. The van der Waals surface area contributed by atoms with E-state index in [1.807, 2.05) is 0 Å². The van der Waals surface area contributed by atoms with Crippen LogP contribution in [0.4, 0.5) is 0 Å². The van der Waals surface area contributed by atoms with Gasteiger partial charge in [-0.3, -0.25) is 0 Å². The fourth-order valence-corrected chi connectivity index (χ4v) is 3.87. The molecule has 0 aromatic heterocycles. The first kappa shape index (κ1) is 32.9. The summed E-state index contributed by atoms with van der Waals surface area (Å²) in [6.07, 6.45) is 22.4. The van der Waals surface area contributed by atoms with Gasteiger partial charge in [-0.1, -0.05) is 129 Å². The zero-order chi connectivity index (χ0) is 25.1. The summed E-state index contributed by atoms with van der Waals surface area (Å²) in [6.45, 7) is 4.62. The molecule has 1 atom stereocenters. The first-order chi connectivity index (χ1) is 16.6. The molecule has 1 N–H and O–H groups in total. The van der Waals surface area contributed by atoms with Crippen LogP contribution in [0.15, 0.2) is 0 Å². The molecule has 0 aromatic carbocycles. The summed E-state index contributed by atoms with van der Waals surface area (Å²) in [5.74, 6) is -1.42. The van der Waals surface area contributed by atoms with E-state index in [4.69, 9.17) is 14.2 Å². The predicted octanol–water partition coefficient (Wildman–Crippen LogP) is 7.25. The van der Waals surface area contributed by atoms with E-state index in [9.17, 15) is 14.7 Å². The first-order valence-electron chi connectivity index (χ1n) is 14.2. The van der Waals surface area contributed by atoms with Gasteiger partial charge in [-0.05, 0) is 12.8 Å². The highest BCUT2D eigenvalue weighted by atomic mass is 16.7. The minimum absolute atomic E-state index is 0.263. The average Bonchev–Trinajstić information content (AvgIpc) is 2.84. The van der Waals surface area contributed by atoms with Gasteiger partial charge in [-0.25, -0.2) is 9.59 Å². The van der Waals surface area contributed by atoms with Crippen LogP contribution in [0, 0.1) is 0 Å².